The van der Waals surface area contributed by atoms with Gasteiger partial charge in [-0.15, -0.1) is 0 Å². The molecule has 0 amide bonds. The van der Waals surface area contributed by atoms with Crippen molar-refractivity contribution in [3.05, 3.63) is 29.8 Å². The molecule has 1 N–H and O–H groups in total. The summed E-state index contributed by atoms with van der Waals surface area (Å²) in [5, 5.41) is 3.56. The number of benzene rings is 1. The van der Waals surface area contributed by atoms with E-state index in [1.54, 1.807) is 7.11 Å². The van der Waals surface area contributed by atoms with E-state index in [9.17, 15) is 0 Å². The van der Waals surface area contributed by atoms with Crippen LogP contribution < -0.4 is 10.1 Å². The van der Waals surface area contributed by atoms with E-state index >= 15 is 0 Å². The van der Waals surface area contributed by atoms with Crippen LogP contribution in [0.5, 0.6) is 5.75 Å². The molecule has 1 aliphatic heterocycles. The molecule has 1 heterocycles. The fourth-order valence-corrected chi connectivity index (χ4v) is 1.99. The normalized spacial score (nSPS) is 17.5. The molecule has 3 heteroatoms. The van der Waals surface area contributed by atoms with Crippen molar-refractivity contribution >= 4 is 0 Å². The molecule has 2 rings (SSSR count). The second-order valence-corrected chi connectivity index (χ2v) is 4.69. The standard InChI is InChI=1S/C14H21NO2/c1-11(15-13-9-17-10-13)3-4-12-5-7-14(16-2)8-6-12/h5-8,11,13,15H,3-4,9-10H2,1-2H3. The Morgan fingerprint density at radius 1 is 1.35 bits per heavy atom. The van der Waals surface area contributed by atoms with Gasteiger partial charge in [-0.3, -0.25) is 0 Å². The first-order chi connectivity index (χ1) is 8.28. The van der Waals surface area contributed by atoms with Crippen molar-refractivity contribution in [1.82, 2.24) is 5.32 Å². The number of aryl methyl sites for hydroxylation is 1. The minimum absolute atomic E-state index is 0.547. The molecule has 1 atom stereocenters. The van der Waals surface area contributed by atoms with Gasteiger partial charge in [0.2, 0.25) is 0 Å². The zero-order chi connectivity index (χ0) is 12.1. The van der Waals surface area contributed by atoms with Crippen LogP contribution in [0.25, 0.3) is 0 Å². The molecule has 0 aliphatic carbocycles. The average molecular weight is 235 g/mol. The second-order valence-electron chi connectivity index (χ2n) is 4.69. The first kappa shape index (κ1) is 12.4. The number of rotatable bonds is 6. The Balaban J connectivity index is 1.72. The predicted molar refractivity (Wildman–Crippen MR) is 68.5 cm³/mol. The summed E-state index contributed by atoms with van der Waals surface area (Å²) in [7, 11) is 1.70. The molecule has 0 bridgehead atoms. The summed E-state index contributed by atoms with van der Waals surface area (Å²) in [5.41, 5.74) is 1.37. The van der Waals surface area contributed by atoms with E-state index in [4.69, 9.17) is 9.47 Å². The minimum Gasteiger partial charge on any atom is -0.497 e. The van der Waals surface area contributed by atoms with Gasteiger partial charge in [-0.1, -0.05) is 12.1 Å². The van der Waals surface area contributed by atoms with Crippen LogP contribution in [-0.2, 0) is 11.2 Å². The SMILES string of the molecule is COc1ccc(CCC(C)NC2COC2)cc1. The van der Waals surface area contributed by atoms with Gasteiger partial charge in [-0.2, -0.15) is 0 Å². The van der Waals surface area contributed by atoms with Gasteiger partial charge in [0.05, 0.1) is 26.4 Å². The van der Waals surface area contributed by atoms with E-state index in [0.29, 0.717) is 12.1 Å². The Morgan fingerprint density at radius 2 is 2.06 bits per heavy atom. The highest BCUT2D eigenvalue weighted by Crippen LogP contribution is 2.13. The van der Waals surface area contributed by atoms with Crippen LogP contribution in [0.3, 0.4) is 0 Å². The molecule has 0 radical (unpaired) electrons. The summed E-state index contributed by atoms with van der Waals surface area (Å²) in [6, 6.07) is 9.43. The molecule has 0 spiro atoms. The van der Waals surface area contributed by atoms with E-state index in [2.05, 4.69) is 24.4 Å². The van der Waals surface area contributed by atoms with Gasteiger partial charge in [-0.05, 0) is 37.5 Å². The molecule has 1 unspecified atom stereocenters. The molecule has 94 valence electrons. The monoisotopic (exact) mass is 235 g/mol. The Labute approximate surface area is 103 Å². The van der Waals surface area contributed by atoms with Crippen molar-refractivity contribution in [2.45, 2.75) is 31.8 Å². The number of hydrogen-bond acceptors (Lipinski definition) is 3. The molecule has 3 nitrogen and oxygen atoms in total. The van der Waals surface area contributed by atoms with Gasteiger partial charge in [0.1, 0.15) is 5.75 Å². The third-order valence-corrected chi connectivity index (χ3v) is 3.18. The van der Waals surface area contributed by atoms with E-state index < -0.39 is 0 Å². The van der Waals surface area contributed by atoms with Crippen molar-refractivity contribution < 1.29 is 9.47 Å². The highest BCUT2D eigenvalue weighted by atomic mass is 16.5. The average Bonchev–Trinajstić information content (AvgIpc) is 2.32. The summed E-state index contributed by atoms with van der Waals surface area (Å²) in [6.45, 7) is 3.97. The summed E-state index contributed by atoms with van der Waals surface area (Å²) >= 11 is 0. The zero-order valence-corrected chi connectivity index (χ0v) is 10.6. The molecule has 1 aromatic carbocycles. The number of ether oxygens (including phenoxy) is 2. The van der Waals surface area contributed by atoms with Gasteiger partial charge in [0, 0.05) is 6.04 Å². The first-order valence-electron chi connectivity index (χ1n) is 6.24. The molecular formula is C14H21NO2. The summed E-state index contributed by atoms with van der Waals surface area (Å²) < 4.78 is 10.3. The minimum atomic E-state index is 0.547. The van der Waals surface area contributed by atoms with E-state index in [1.165, 1.54) is 5.56 Å². The summed E-state index contributed by atoms with van der Waals surface area (Å²) in [5.74, 6) is 0.923. The summed E-state index contributed by atoms with van der Waals surface area (Å²) in [4.78, 5) is 0. The molecule has 1 aromatic rings. The Kier molecular flexibility index (Phi) is 4.40. The van der Waals surface area contributed by atoms with E-state index in [1.807, 2.05) is 12.1 Å². The lowest BCUT2D eigenvalue weighted by Gasteiger charge is -2.30. The van der Waals surface area contributed by atoms with Crippen molar-refractivity contribution in [1.29, 1.82) is 0 Å². The first-order valence-corrected chi connectivity index (χ1v) is 6.24. The third-order valence-electron chi connectivity index (χ3n) is 3.18. The zero-order valence-electron chi connectivity index (χ0n) is 10.6. The number of methoxy groups -OCH3 is 1. The second kappa shape index (κ2) is 6.03. The van der Waals surface area contributed by atoms with Gasteiger partial charge in [0.15, 0.2) is 0 Å². The molecule has 17 heavy (non-hydrogen) atoms. The van der Waals surface area contributed by atoms with Crippen LogP contribution in [0.4, 0.5) is 0 Å². The maximum Gasteiger partial charge on any atom is 0.118 e. The lowest BCUT2D eigenvalue weighted by molar-refractivity contribution is -0.00946. The van der Waals surface area contributed by atoms with Crippen molar-refractivity contribution in [3.63, 3.8) is 0 Å². The third kappa shape index (κ3) is 3.72. The predicted octanol–water partition coefficient (Wildman–Crippen LogP) is 2.00. The van der Waals surface area contributed by atoms with Gasteiger partial charge < -0.3 is 14.8 Å². The van der Waals surface area contributed by atoms with E-state index in [0.717, 1.165) is 31.8 Å². The Bertz CT molecular complexity index is 333. The molecule has 1 fully saturated rings. The highest BCUT2D eigenvalue weighted by Gasteiger charge is 2.19. The largest absolute Gasteiger partial charge is 0.497 e. The van der Waals surface area contributed by atoms with Crippen LogP contribution in [-0.4, -0.2) is 32.4 Å². The van der Waals surface area contributed by atoms with Gasteiger partial charge in [0.25, 0.3) is 0 Å². The fourth-order valence-electron chi connectivity index (χ4n) is 1.99. The molecule has 1 aliphatic rings. The van der Waals surface area contributed by atoms with Crippen molar-refractivity contribution in [2.24, 2.45) is 0 Å². The van der Waals surface area contributed by atoms with Crippen molar-refractivity contribution in [3.8, 4) is 5.75 Å². The highest BCUT2D eigenvalue weighted by molar-refractivity contribution is 5.27. The Morgan fingerprint density at radius 3 is 2.59 bits per heavy atom. The quantitative estimate of drug-likeness (QED) is 0.818. The molecule has 1 saturated heterocycles. The maximum absolute atomic E-state index is 5.15. The Hall–Kier alpha value is -1.06. The van der Waals surface area contributed by atoms with Crippen LogP contribution in [0.2, 0.25) is 0 Å². The lowest BCUT2D eigenvalue weighted by atomic mass is 10.1. The molecular weight excluding hydrogens is 214 g/mol. The van der Waals surface area contributed by atoms with Crippen LogP contribution in [0, 0.1) is 0 Å². The van der Waals surface area contributed by atoms with Gasteiger partial charge >= 0.3 is 0 Å². The van der Waals surface area contributed by atoms with E-state index in [-0.39, 0.29) is 0 Å². The molecule has 0 aromatic heterocycles. The van der Waals surface area contributed by atoms with Gasteiger partial charge in [-0.25, -0.2) is 0 Å². The lowest BCUT2D eigenvalue weighted by Crippen LogP contribution is -2.49. The van der Waals surface area contributed by atoms with Crippen molar-refractivity contribution in [2.75, 3.05) is 20.3 Å². The van der Waals surface area contributed by atoms with Crippen LogP contribution >= 0.6 is 0 Å². The number of hydrogen-bond donors (Lipinski definition) is 1. The molecule has 0 saturated carbocycles. The van der Waals surface area contributed by atoms with Crippen LogP contribution in [0.15, 0.2) is 24.3 Å². The maximum atomic E-state index is 5.15. The summed E-state index contributed by atoms with van der Waals surface area (Å²) in [6.07, 6.45) is 2.26. The topological polar surface area (TPSA) is 30.5 Å². The smallest absolute Gasteiger partial charge is 0.118 e. The number of nitrogens with one attached hydrogen (secondary N) is 1. The van der Waals surface area contributed by atoms with Crippen LogP contribution in [0.1, 0.15) is 18.9 Å². The fraction of sp³-hybridized carbons (Fsp3) is 0.571.